The van der Waals surface area contributed by atoms with Crippen molar-refractivity contribution < 1.29 is 18.3 Å². The van der Waals surface area contributed by atoms with Crippen LogP contribution in [0.1, 0.15) is 22.6 Å². The minimum absolute atomic E-state index is 0.0119. The third kappa shape index (κ3) is 1.82. The maximum Gasteiger partial charge on any atom is 0.356 e. The number of carbonyl (C=O) groups excluding carboxylic acids is 1. The predicted molar refractivity (Wildman–Crippen MR) is 39.5 cm³/mol. The van der Waals surface area contributed by atoms with Gasteiger partial charge in [-0.25, -0.2) is 13.6 Å². The van der Waals surface area contributed by atoms with Gasteiger partial charge in [0, 0.05) is 7.05 Å². The second-order valence-corrected chi connectivity index (χ2v) is 2.37. The van der Waals surface area contributed by atoms with Crippen LogP contribution in [0.4, 0.5) is 8.78 Å². The van der Waals surface area contributed by atoms with Crippen molar-refractivity contribution in [3.63, 3.8) is 0 Å². The lowest BCUT2D eigenvalue weighted by molar-refractivity contribution is 0.0588. The fraction of sp³-hybridized carbons (Fsp3) is 0.429. The minimum Gasteiger partial charge on any atom is -0.464 e. The summed E-state index contributed by atoms with van der Waals surface area (Å²) in [7, 11) is 2.58. The molecule has 0 atom stereocenters. The zero-order chi connectivity index (χ0) is 10.0. The Morgan fingerprint density at radius 1 is 1.69 bits per heavy atom. The number of hydrogen-bond acceptors (Lipinski definition) is 3. The Bertz CT molecular complexity index is 322. The second kappa shape index (κ2) is 3.51. The predicted octanol–water partition coefficient (Wildman–Crippen LogP) is 1.14. The van der Waals surface area contributed by atoms with Crippen LogP contribution in [-0.2, 0) is 11.8 Å². The highest BCUT2D eigenvalue weighted by Crippen LogP contribution is 2.17. The van der Waals surface area contributed by atoms with Crippen LogP contribution < -0.4 is 0 Å². The maximum absolute atomic E-state index is 12.1. The van der Waals surface area contributed by atoms with Crippen LogP contribution in [0, 0.1) is 0 Å². The molecule has 0 N–H and O–H groups in total. The van der Waals surface area contributed by atoms with Crippen molar-refractivity contribution in [1.82, 2.24) is 9.78 Å². The van der Waals surface area contributed by atoms with Crippen molar-refractivity contribution >= 4 is 5.97 Å². The molecule has 0 aromatic carbocycles. The molecule has 13 heavy (non-hydrogen) atoms. The molecule has 0 aliphatic carbocycles. The van der Waals surface area contributed by atoms with E-state index in [1.807, 2.05) is 0 Å². The van der Waals surface area contributed by atoms with Gasteiger partial charge in [-0.3, -0.25) is 4.68 Å². The maximum atomic E-state index is 12.1. The average molecular weight is 190 g/mol. The molecule has 1 aromatic rings. The normalized spacial score (nSPS) is 10.5. The lowest BCUT2D eigenvalue weighted by Gasteiger charge is -1.96. The zero-order valence-electron chi connectivity index (χ0n) is 7.12. The summed E-state index contributed by atoms with van der Waals surface area (Å²) in [6.45, 7) is 0. The van der Waals surface area contributed by atoms with Gasteiger partial charge in [0.2, 0.25) is 0 Å². The fourth-order valence-electron chi connectivity index (χ4n) is 0.892. The molecular formula is C7H8F2N2O2. The molecule has 1 aromatic heterocycles. The first-order valence-corrected chi connectivity index (χ1v) is 3.46. The van der Waals surface area contributed by atoms with Crippen LogP contribution in [0.2, 0.25) is 0 Å². The SMILES string of the molecule is COC(=O)c1cc(C(F)F)nn1C. The number of nitrogens with zero attached hydrogens (tertiary/aromatic N) is 2. The van der Waals surface area contributed by atoms with E-state index in [-0.39, 0.29) is 5.69 Å². The van der Waals surface area contributed by atoms with Gasteiger partial charge < -0.3 is 4.74 Å². The zero-order valence-corrected chi connectivity index (χ0v) is 7.12. The molecule has 0 fully saturated rings. The van der Waals surface area contributed by atoms with Gasteiger partial charge in [-0.1, -0.05) is 0 Å². The van der Waals surface area contributed by atoms with Crippen molar-refractivity contribution in [3.8, 4) is 0 Å². The molecule has 0 aliphatic heterocycles. The monoisotopic (exact) mass is 190 g/mol. The Labute approximate surface area is 73.1 Å². The Kier molecular flexibility index (Phi) is 2.60. The standard InChI is InChI=1S/C7H8F2N2O2/c1-11-5(7(12)13-2)3-4(10-11)6(8)9/h3,6H,1-2H3. The summed E-state index contributed by atoms with van der Waals surface area (Å²) in [5.74, 6) is -0.679. The summed E-state index contributed by atoms with van der Waals surface area (Å²) >= 11 is 0. The van der Waals surface area contributed by atoms with Crippen molar-refractivity contribution in [2.45, 2.75) is 6.43 Å². The average Bonchev–Trinajstić information content (AvgIpc) is 2.46. The highest BCUT2D eigenvalue weighted by molar-refractivity contribution is 5.87. The van der Waals surface area contributed by atoms with Crippen LogP contribution in [-0.4, -0.2) is 22.9 Å². The van der Waals surface area contributed by atoms with Crippen molar-refractivity contribution in [1.29, 1.82) is 0 Å². The topological polar surface area (TPSA) is 44.1 Å². The molecule has 0 amide bonds. The Morgan fingerprint density at radius 2 is 2.31 bits per heavy atom. The number of alkyl halides is 2. The van der Waals surface area contributed by atoms with Crippen molar-refractivity contribution in [2.75, 3.05) is 7.11 Å². The quantitative estimate of drug-likeness (QED) is 0.657. The van der Waals surface area contributed by atoms with Crippen LogP contribution in [0.3, 0.4) is 0 Å². The Morgan fingerprint density at radius 3 is 2.69 bits per heavy atom. The number of hydrogen-bond donors (Lipinski definition) is 0. The van der Waals surface area contributed by atoms with Crippen LogP contribution in [0.15, 0.2) is 6.07 Å². The molecule has 0 spiro atoms. The highest BCUT2D eigenvalue weighted by Gasteiger charge is 2.18. The minimum atomic E-state index is -2.68. The first kappa shape index (κ1) is 9.63. The molecule has 4 nitrogen and oxygen atoms in total. The van der Waals surface area contributed by atoms with Gasteiger partial charge in [0.1, 0.15) is 11.4 Å². The van der Waals surface area contributed by atoms with Crippen molar-refractivity contribution in [3.05, 3.63) is 17.5 Å². The van der Waals surface area contributed by atoms with Gasteiger partial charge in [0.15, 0.2) is 0 Å². The summed E-state index contributed by atoms with van der Waals surface area (Å²) in [5.41, 5.74) is -0.416. The summed E-state index contributed by atoms with van der Waals surface area (Å²) in [4.78, 5) is 10.9. The third-order valence-corrected chi connectivity index (χ3v) is 1.52. The number of halogens is 2. The van der Waals surface area contributed by atoms with E-state index in [9.17, 15) is 13.6 Å². The smallest absolute Gasteiger partial charge is 0.356 e. The van der Waals surface area contributed by atoms with E-state index in [1.165, 1.54) is 14.2 Å². The van der Waals surface area contributed by atoms with E-state index >= 15 is 0 Å². The molecule has 1 heterocycles. The summed E-state index contributed by atoms with van der Waals surface area (Å²) in [5, 5.41) is 3.44. The number of carbonyl (C=O) groups is 1. The number of rotatable bonds is 2. The molecular weight excluding hydrogens is 182 g/mol. The van der Waals surface area contributed by atoms with Gasteiger partial charge in [-0.05, 0) is 6.07 Å². The van der Waals surface area contributed by atoms with Crippen molar-refractivity contribution in [2.24, 2.45) is 7.05 Å². The van der Waals surface area contributed by atoms with E-state index in [0.29, 0.717) is 0 Å². The van der Waals surface area contributed by atoms with E-state index in [4.69, 9.17) is 0 Å². The van der Waals surface area contributed by atoms with E-state index in [2.05, 4.69) is 9.84 Å². The molecule has 0 saturated heterocycles. The highest BCUT2D eigenvalue weighted by atomic mass is 19.3. The molecule has 6 heteroatoms. The van der Waals surface area contributed by atoms with E-state index < -0.39 is 18.1 Å². The number of aromatic nitrogens is 2. The van der Waals surface area contributed by atoms with Gasteiger partial charge in [0.25, 0.3) is 6.43 Å². The fourth-order valence-corrected chi connectivity index (χ4v) is 0.892. The molecule has 72 valence electrons. The molecule has 0 radical (unpaired) electrons. The summed E-state index contributed by atoms with van der Waals surface area (Å²) in [6, 6.07) is 1.01. The summed E-state index contributed by atoms with van der Waals surface area (Å²) in [6.07, 6.45) is -2.68. The van der Waals surface area contributed by atoms with E-state index in [0.717, 1.165) is 10.7 Å². The second-order valence-electron chi connectivity index (χ2n) is 2.37. The summed E-state index contributed by atoms with van der Waals surface area (Å²) < 4.78 is 29.6. The van der Waals surface area contributed by atoms with Gasteiger partial charge in [0.05, 0.1) is 7.11 Å². The Hall–Kier alpha value is -1.46. The first-order chi connectivity index (χ1) is 6.06. The lowest BCUT2D eigenvalue weighted by Crippen LogP contribution is -2.07. The molecule has 0 bridgehead atoms. The first-order valence-electron chi connectivity index (χ1n) is 3.46. The number of esters is 1. The molecule has 0 saturated carbocycles. The molecule has 1 rings (SSSR count). The number of ether oxygens (including phenoxy) is 1. The van der Waals surface area contributed by atoms with Gasteiger partial charge in [-0.15, -0.1) is 0 Å². The Balaban J connectivity index is 3.03. The number of methoxy groups -OCH3 is 1. The van der Waals surface area contributed by atoms with Crippen LogP contribution in [0.25, 0.3) is 0 Å². The molecule has 0 unspecified atom stereocenters. The number of aryl methyl sites for hydroxylation is 1. The lowest BCUT2D eigenvalue weighted by atomic mass is 10.3. The molecule has 0 aliphatic rings. The van der Waals surface area contributed by atoms with Crippen LogP contribution >= 0.6 is 0 Å². The third-order valence-electron chi connectivity index (χ3n) is 1.52. The van der Waals surface area contributed by atoms with E-state index in [1.54, 1.807) is 0 Å². The van der Waals surface area contributed by atoms with Crippen LogP contribution in [0.5, 0.6) is 0 Å². The van der Waals surface area contributed by atoms with Gasteiger partial charge in [-0.2, -0.15) is 5.10 Å². The van der Waals surface area contributed by atoms with Gasteiger partial charge >= 0.3 is 5.97 Å². The largest absolute Gasteiger partial charge is 0.464 e.